The number of carbonyl (C=O) groups is 1. The zero-order chi connectivity index (χ0) is 13.1. The lowest BCUT2D eigenvalue weighted by Gasteiger charge is -2.09. The maximum Gasteiger partial charge on any atom is 0.356 e. The van der Waals surface area contributed by atoms with E-state index in [1.54, 1.807) is 25.3 Å². The first kappa shape index (κ1) is 12.4. The van der Waals surface area contributed by atoms with Gasteiger partial charge in [0.25, 0.3) is 0 Å². The molecule has 0 spiro atoms. The number of nitrogens with zero attached hydrogens (tertiary/aromatic N) is 1. The Morgan fingerprint density at radius 1 is 1.33 bits per heavy atom. The number of methoxy groups -OCH3 is 2. The number of carboxylic acids is 1. The van der Waals surface area contributed by atoms with Gasteiger partial charge in [0.2, 0.25) is 0 Å². The summed E-state index contributed by atoms with van der Waals surface area (Å²) < 4.78 is 10.4. The molecular formula is C12H11NO4S. The SMILES string of the molecule is COc1ccc(-c2scnc2C(=O)O)c(OC)c1. The van der Waals surface area contributed by atoms with Gasteiger partial charge in [0.05, 0.1) is 24.6 Å². The number of ether oxygens (including phenoxy) is 2. The van der Waals surface area contributed by atoms with E-state index >= 15 is 0 Å². The molecule has 18 heavy (non-hydrogen) atoms. The van der Waals surface area contributed by atoms with Crippen LogP contribution in [0.5, 0.6) is 11.5 Å². The maximum atomic E-state index is 11.1. The summed E-state index contributed by atoms with van der Waals surface area (Å²) >= 11 is 1.26. The molecule has 94 valence electrons. The molecule has 0 aliphatic rings. The molecule has 0 amide bonds. The second kappa shape index (κ2) is 5.05. The molecule has 0 unspecified atom stereocenters. The van der Waals surface area contributed by atoms with Gasteiger partial charge in [0, 0.05) is 11.6 Å². The predicted octanol–water partition coefficient (Wildman–Crippen LogP) is 2.53. The molecule has 2 aromatic rings. The summed E-state index contributed by atoms with van der Waals surface area (Å²) in [6.07, 6.45) is 0. The molecule has 0 aliphatic heterocycles. The van der Waals surface area contributed by atoms with Crippen molar-refractivity contribution in [3.8, 4) is 21.9 Å². The largest absolute Gasteiger partial charge is 0.497 e. The molecule has 0 fully saturated rings. The number of aromatic carboxylic acids is 1. The van der Waals surface area contributed by atoms with Crippen LogP contribution in [0.1, 0.15) is 10.5 Å². The van der Waals surface area contributed by atoms with Crippen LogP contribution in [0.3, 0.4) is 0 Å². The van der Waals surface area contributed by atoms with Gasteiger partial charge in [-0.2, -0.15) is 0 Å². The third-order valence-corrected chi connectivity index (χ3v) is 3.28. The van der Waals surface area contributed by atoms with Crippen molar-refractivity contribution < 1.29 is 19.4 Å². The molecule has 6 heteroatoms. The zero-order valence-electron chi connectivity index (χ0n) is 9.84. The first-order valence-electron chi connectivity index (χ1n) is 5.06. The first-order valence-corrected chi connectivity index (χ1v) is 5.94. The van der Waals surface area contributed by atoms with Crippen molar-refractivity contribution in [2.45, 2.75) is 0 Å². The first-order chi connectivity index (χ1) is 8.67. The van der Waals surface area contributed by atoms with Gasteiger partial charge in [-0.25, -0.2) is 9.78 Å². The molecule has 1 aromatic heterocycles. The molecular weight excluding hydrogens is 254 g/mol. The molecule has 5 nitrogen and oxygen atoms in total. The summed E-state index contributed by atoms with van der Waals surface area (Å²) in [5, 5.41) is 9.06. The van der Waals surface area contributed by atoms with Gasteiger partial charge in [-0.15, -0.1) is 11.3 Å². The van der Waals surface area contributed by atoms with Crippen LogP contribution < -0.4 is 9.47 Å². The second-order valence-electron chi connectivity index (χ2n) is 3.40. The van der Waals surface area contributed by atoms with Crippen LogP contribution in [0.4, 0.5) is 0 Å². The highest BCUT2D eigenvalue weighted by atomic mass is 32.1. The molecule has 1 N–H and O–H groups in total. The third kappa shape index (κ3) is 2.14. The number of rotatable bonds is 4. The van der Waals surface area contributed by atoms with Crippen LogP contribution in [0, 0.1) is 0 Å². The van der Waals surface area contributed by atoms with Crippen LogP contribution in [-0.4, -0.2) is 30.3 Å². The minimum absolute atomic E-state index is 0.0310. The van der Waals surface area contributed by atoms with E-state index in [1.165, 1.54) is 24.0 Å². The van der Waals surface area contributed by atoms with Crippen molar-refractivity contribution >= 4 is 17.3 Å². The van der Waals surface area contributed by atoms with Crippen LogP contribution in [0.2, 0.25) is 0 Å². The minimum Gasteiger partial charge on any atom is -0.497 e. The van der Waals surface area contributed by atoms with Gasteiger partial charge in [-0.05, 0) is 12.1 Å². The van der Waals surface area contributed by atoms with Gasteiger partial charge < -0.3 is 14.6 Å². The summed E-state index contributed by atoms with van der Waals surface area (Å²) in [4.78, 5) is 15.5. The van der Waals surface area contributed by atoms with Crippen molar-refractivity contribution in [3.05, 3.63) is 29.4 Å². The smallest absolute Gasteiger partial charge is 0.356 e. The van der Waals surface area contributed by atoms with Crippen LogP contribution in [-0.2, 0) is 0 Å². The maximum absolute atomic E-state index is 11.1. The highest BCUT2D eigenvalue weighted by Gasteiger charge is 2.18. The van der Waals surface area contributed by atoms with Crippen molar-refractivity contribution in [3.63, 3.8) is 0 Å². The quantitative estimate of drug-likeness (QED) is 0.920. The molecule has 0 bridgehead atoms. The van der Waals surface area contributed by atoms with Gasteiger partial charge in [0.15, 0.2) is 5.69 Å². The van der Waals surface area contributed by atoms with E-state index in [4.69, 9.17) is 14.6 Å². The average Bonchev–Trinajstić information content (AvgIpc) is 2.87. The van der Waals surface area contributed by atoms with Crippen LogP contribution in [0.25, 0.3) is 10.4 Å². The Kier molecular flexibility index (Phi) is 3.47. The molecule has 0 saturated carbocycles. The Labute approximate surface area is 108 Å². The van der Waals surface area contributed by atoms with E-state index in [9.17, 15) is 4.79 Å². The van der Waals surface area contributed by atoms with Crippen molar-refractivity contribution in [2.24, 2.45) is 0 Å². The van der Waals surface area contributed by atoms with E-state index in [0.29, 0.717) is 21.9 Å². The average molecular weight is 265 g/mol. The lowest BCUT2D eigenvalue weighted by molar-refractivity contribution is 0.0692. The number of hydrogen-bond donors (Lipinski definition) is 1. The van der Waals surface area contributed by atoms with Gasteiger partial charge >= 0.3 is 5.97 Å². The predicted molar refractivity (Wildman–Crippen MR) is 67.6 cm³/mol. The Morgan fingerprint density at radius 3 is 2.72 bits per heavy atom. The summed E-state index contributed by atoms with van der Waals surface area (Å²) in [5.74, 6) is 0.155. The number of hydrogen-bond acceptors (Lipinski definition) is 5. The lowest BCUT2D eigenvalue weighted by atomic mass is 10.1. The molecule has 0 radical (unpaired) electrons. The van der Waals surface area contributed by atoms with Crippen molar-refractivity contribution in [1.29, 1.82) is 0 Å². The highest BCUT2D eigenvalue weighted by molar-refractivity contribution is 7.13. The van der Waals surface area contributed by atoms with Gasteiger partial charge in [-0.3, -0.25) is 0 Å². The fourth-order valence-corrected chi connectivity index (χ4v) is 2.39. The molecule has 1 aromatic carbocycles. The van der Waals surface area contributed by atoms with E-state index in [2.05, 4.69) is 4.98 Å². The third-order valence-electron chi connectivity index (χ3n) is 2.42. The van der Waals surface area contributed by atoms with E-state index in [0.717, 1.165) is 0 Å². The second-order valence-corrected chi connectivity index (χ2v) is 4.26. The van der Waals surface area contributed by atoms with E-state index < -0.39 is 5.97 Å². The van der Waals surface area contributed by atoms with Crippen LogP contribution >= 0.6 is 11.3 Å². The normalized spacial score (nSPS) is 10.1. The Morgan fingerprint density at radius 2 is 2.11 bits per heavy atom. The van der Waals surface area contributed by atoms with Gasteiger partial charge in [0.1, 0.15) is 11.5 Å². The van der Waals surface area contributed by atoms with E-state index in [-0.39, 0.29) is 5.69 Å². The Bertz CT molecular complexity index is 579. The number of aromatic nitrogens is 1. The zero-order valence-corrected chi connectivity index (χ0v) is 10.7. The molecule has 2 rings (SSSR count). The van der Waals surface area contributed by atoms with Crippen molar-refractivity contribution in [2.75, 3.05) is 14.2 Å². The monoisotopic (exact) mass is 265 g/mol. The number of thiazole rings is 1. The van der Waals surface area contributed by atoms with Crippen molar-refractivity contribution in [1.82, 2.24) is 4.98 Å². The minimum atomic E-state index is -1.05. The van der Waals surface area contributed by atoms with Gasteiger partial charge in [-0.1, -0.05) is 0 Å². The lowest BCUT2D eigenvalue weighted by Crippen LogP contribution is -1.99. The molecule has 0 atom stereocenters. The highest BCUT2D eigenvalue weighted by Crippen LogP contribution is 2.37. The standard InChI is InChI=1S/C12H11NO4S/c1-16-7-3-4-8(9(5-7)17-2)11-10(12(14)15)13-6-18-11/h3-6H,1-2H3,(H,14,15). The topological polar surface area (TPSA) is 68.7 Å². The summed E-state index contributed by atoms with van der Waals surface area (Å²) in [5.41, 5.74) is 2.23. The Hall–Kier alpha value is -2.08. The van der Waals surface area contributed by atoms with Crippen LogP contribution in [0.15, 0.2) is 23.7 Å². The fraction of sp³-hybridized carbons (Fsp3) is 0.167. The van der Waals surface area contributed by atoms with E-state index in [1.807, 2.05) is 0 Å². The molecule has 0 aliphatic carbocycles. The number of carboxylic acid groups (broad SMARTS) is 1. The molecule has 0 saturated heterocycles. The summed E-state index contributed by atoms with van der Waals surface area (Å²) in [6, 6.07) is 5.22. The summed E-state index contributed by atoms with van der Waals surface area (Å²) in [7, 11) is 3.09. The number of benzene rings is 1. The fourth-order valence-electron chi connectivity index (χ4n) is 1.58. The Balaban J connectivity index is 2.56. The molecule has 1 heterocycles. The summed E-state index contributed by atoms with van der Waals surface area (Å²) in [6.45, 7) is 0.